The number of rotatable bonds is 9. The lowest BCUT2D eigenvalue weighted by molar-refractivity contribution is 0.0941. The van der Waals surface area contributed by atoms with Gasteiger partial charge in [0.2, 0.25) is 0 Å². The van der Waals surface area contributed by atoms with E-state index in [0.29, 0.717) is 40.6 Å². The standard InChI is InChI=1S/C37H36N4O4/c42-31-14-7-15-32(45-22-23-16-17-23)33(31)30-20-27(26-13-8-18-38-21-26)28-19-29(37(44)41-35(28)39-30)36(43)40-34(24-9-3-1-4-10-24)25-11-5-2-6-12-25/h1-7,9-12,14-15,19-20,23,26,34,38,42H,8,13,16-18,21-22H2,(H,40,43)(H,39,41,44). The molecule has 1 saturated carbocycles. The van der Waals surface area contributed by atoms with Crippen molar-refractivity contribution in [3.63, 3.8) is 0 Å². The first-order valence-electron chi connectivity index (χ1n) is 15.7. The van der Waals surface area contributed by atoms with Crippen molar-refractivity contribution in [3.05, 3.63) is 124 Å². The van der Waals surface area contributed by atoms with Gasteiger partial charge in [0.05, 0.1) is 23.9 Å². The van der Waals surface area contributed by atoms with Gasteiger partial charge in [-0.25, -0.2) is 4.98 Å². The van der Waals surface area contributed by atoms with Gasteiger partial charge < -0.3 is 25.5 Å². The lowest BCUT2D eigenvalue weighted by Crippen LogP contribution is -2.33. The molecule has 0 radical (unpaired) electrons. The zero-order valence-corrected chi connectivity index (χ0v) is 25.0. The number of nitrogens with one attached hydrogen (secondary N) is 3. The highest BCUT2D eigenvalue weighted by Gasteiger charge is 2.26. The van der Waals surface area contributed by atoms with Crippen LogP contribution < -0.4 is 20.9 Å². The molecule has 1 amide bonds. The van der Waals surface area contributed by atoms with E-state index in [0.717, 1.165) is 55.5 Å². The number of carbonyl (C=O) groups is 1. The molecule has 3 heterocycles. The van der Waals surface area contributed by atoms with Gasteiger partial charge in [0.1, 0.15) is 22.7 Å². The fraction of sp³-hybridized carbons (Fsp3) is 0.270. The van der Waals surface area contributed by atoms with Crippen LogP contribution in [0.5, 0.6) is 11.5 Å². The van der Waals surface area contributed by atoms with Gasteiger partial charge in [-0.15, -0.1) is 0 Å². The summed E-state index contributed by atoms with van der Waals surface area (Å²) in [6.45, 7) is 2.29. The average molecular weight is 601 g/mol. The third kappa shape index (κ3) is 6.19. The lowest BCUT2D eigenvalue weighted by atomic mass is 9.88. The molecule has 0 spiro atoms. The highest BCUT2D eigenvalue weighted by molar-refractivity contribution is 5.98. The van der Waals surface area contributed by atoms with E-state index in [1.54, 1.807) is 18.2 Å². The predicted molar refractivity (Wildman–Crippen MR) is 175 cm³/mol. The van der Waals surface area contributed by atoms with Crippen molar-refractivity contribution in [1.82, 2.24) is 20.6 Å². The lowest BCUT2D eigenvalue weighted by Gasteiger charge is -2.25. The Bertz CT molecular complexity index is 1840. The molecule has 0 bridgehead atoms. The van der Waals surface area contributed by atoms with Crippen molar-refractivity contribution in [2.45, 2.75) is 37.6 Å². The minimum atomic E-state index is -0.528. The Kier molecular flexibility index (Phi) is 8.05. The molecule has 1 atom stereocenters. The molecule has 1 unspecified atom stereocenters. The number of piperidine rings is 1. The molecular formula is C37H36N4O4. The van der Waals surface area contributed by atoms with E-state index in [1.807, 2.05) is 72.8 Å². The summed E-state index contributed by atoms with van der Waals surface area (Å²) >= 11 is 0. The maximum atomic E-state index is 13.9. The number of aromatic amines is 1. The van der Waals surface area contributed by atoms with Gasteiger partial charge in [0.25, 0.3) is 11.5 Å². The molecule has 8 heteroatoms. The number of aromatic hydroxyl groups is 1. The number of phenolic OH excluding ortho intramolecular Hbond substituents is 1. The average Bonchev–Trinajstić information content (AvgIpc) is 3.91. The molecule has 1 saturated heterocycles. The Balaban J connectivity index is 1.31. The number of carbonyl (C=O) groups excluding carboxylic acids is 1. The second-order valence-electron chi connectivity index (χ2n) is 12.0. The minimum absolute atomic E-state index is 0.0231. The van der Waals surface area contributed by atoms with Crippen molar-refractivity contribution in [2.75, 3.05) is 19.7 Å². The van der Waals surface area contributed by atoms with E-state index in [1.165, 1.54) is 0 Å². The first-order valence-corrected chi connectivity index (χ1v) is 15.7. The normalized spacial score (nSPS) is 16.5. The van der Waals surface area contributed by atoms with Crippen LogP contribution in [0.25, 0.3) is 22.3 Å². The van der Waals surface area contributed by atoms with Crippen LogP contribution in [0.1, 0.15) is 64.7 Å². The summed E-state index contributed by atoms with van der Waals surface area (Å²) in [4.78, 5) is 35.1. The highest BCUT2D eigenvalue weighted by atomic mass is 16.5. The topological polar surface area (TPSA) is 116 Å². The number of H-pyrrole nitrogens is 1. The van der Waals surface area contributed by atoms with Crippen molar-refractivity contribution in [3.8, 4) is 22.8 Å². The molecule has 2 fully saturated rings. The maximum absolute atomic E-state index is 13.9. The minimum Gasteiger partial charge on any atom is -0.507 e. The number of nitrogens with zero attached hydrogens (tertiary/aromatic N) is 1. The zero-order valence-electron chi connectivity index (χ0n) is 25.0. The van der Waals surface area contributed by atoms with Gasteiger partial charge in [-0.3, -0.25) is 9.59 Å². The van der Waals surface area contributed by atoms with Gasteiger partial charge in [0, 0.05) is 11.9 Å². The van der Waals surface area contributed by atoms with E-state index >= 15 is 0 Å². The monoisotopic (exact) mass is 600 g/mol. The van der Waals surface area contributed by atoms with Crippen LogP contribution in [0, 0.1) is 5.92 Å². The number of hydrogen-bond acceptors (Lipinski definition) is 6. The van der Waals surface area contributed by atoms with Crippen molar-refractivity contribution >= 4 is 16.9 Å². The van der Waals surface area contributed by atoms with Crippen LogP contribution in [0.2, 0.25) is 0 Å². The molecule has 228 valence electrons. The van der Waals surface area contributed by atoms with Crippen molar-refractivity contribution in [1.29, 1.82) is 0 Å². The smallest absolute Gasteiger partial charge is 0.262 e. The molecular weight excluding hydrogens is 564 g/mol. The van der Waals surface area contributed by atoms with Gasteiger partial charge in [-0.2, -0.15) is 0 Å². The second kappa shape index (κ2) is 12.6. The van der Waals surface area contributed by atoms with Gasteiger partial charge in [-0.1, -0.05) is 66.7 Å². The SMILES string of the molecule is O=C(NC(c1ccccc1)c1ccccc1)c1cc2c(C3CCCNC3)cc(-c3c(O)cccc3OCC3CC3)nc2[nH]c1=O. The molecule has 4 N–H and O–H groups in total. The van der Waals surface area contributed by atoms with Crippen molar-refractivity contribution < 1.29 is 14.6 Å². The van der Waals surface area contributed by atoms with E-state index in [4.69, 9.17) is 9.72 Å². The second-order valence-corrected chi connectivity index (χ2v) is 12.0. The first kappa shape index (κ1) is 28.8. The summed E-state index contributed by atoms with van der Waals surface area (Å²) in [6, 6.07) is 27.9. The third-order valence-electron chi connectivity index (χ3n) is 8.81. The quantitative estimate of drug-likeness (QED) is 0.163. The van der Waals surface area contributed by atoms with Gasteiger partial charge >= 0.3 is 0 Å². The fourth-order valence-electron chi connectivity index (χ4n) is 6.21. The summed E-state index contributed by atoms with van der Waals surface area (Å²) in [6.07, 6.45) is 4.25. The molecule has 1 aliphatic heterocycles. The summed E-state index contributed by atoms with van der Waals surface area (Å²) in [5, 5.41) is 18.3. The summed E-state index contributed by atoms with van der Waals surface area (Å²) in [5.74, 6) is 0.830. The molecule has 3 aromatic carbocycles. The summed E-state index contributed by atoms with van der Waals surface area (Å²) < 4.78 is 6.14. The molecule has 7 rings (SSSR count). The number of hydrogen-bond donors (Lipinski definition) is 4. The maximum Gasteiger partial charge on any atom is 0.262 e. The summed E-state index contributed by atoms with van der Waals surface area (Å²) in [5.41, 5.74) is 3.68. The molecule has 2 aliphatic rings. The molecule has 1 aliphatic carbocycles. The molecule has 8 nitrogen and oxygen atoms in total. The van der Waals surface area contributed by atoms with E-state index in [2.05, 4.69) is 15.6 Å². The molecule has 2 aromatic heterocycles. The van der Waals surface area contributed by atoms with E-state index in [-0.39, 0.29) is 17.2 Å². The van der Waals surface area contributed by atoms with Crippen LogP contribution in [-0.2, 0) is 0 Å². The number of fused-ring (bicyclic) bond motifs is 1. The van der Waals surface area contributed by atoms with E-state index < -0.39 is 17.5 Å². The van der Waals surface area contributed by atoms with Crippen LogP contribution in [0.15, 0.2) is 95.8 Å². The number of pyridine rings is 2. The van der Waals surface area contributed by atoms with Crippen LogP contribution in [0.4, 0.5) is 0 Å². The first-order chi connectivity index (χ1) is 22.0. The Morgan fingerprint density at radius 3 is 2.36 bits per heavy atom. The Hall–Kier alpha value is -4.95. The highest BCUT2D eigenvalue weighted by Crippen LogP contribution is 2.41. The van der Waals surface area contributed by atoms with Crippen LogP contribution in [0.3, 0.4) is 0 Å². The Morgan fingerprint density at radius 1 is 0.956 bits per heavy atom. The van der Waals surface area contributed by atoms with Gasteiger partial charge in [0.15, 0.2) is 0 Å². The molecule has 5 aromatic rings. The number of benzene rings is 3. The third-order valence-corrected chi connectivity index (χ3v) is 8.81. The molecule has 45 heavy (non-hydrogen) atoms. The fourth-order valence-corrected chi connectivity index (χ4v) is 6.21. The number of aromatic nitrogens is 2. The van der Waals surface area contributed by atoms with Crippen LogP contribution >= 0.6 is 0 Å². The van der Waals surface area contributed by atoms with Crippen LogP contribution in [-0.4, -0.2) is 40.7 Å². The Labute approximate surface area is 261 Å². The van der Waals surface area contributed by atoms with E-state index in [9.17, 15) is 14.7 Å². The van der Waals surface area contributed by atoms with Crippen molar-refractivity contribution in [2.24, 2.45) is 5.92 Å². The predicted octanol–water partition coefficient (Wildman–Crippen LogP) is 6.07. The number of phenols is 1. The van der Waals surface area contributed by atoms with Gasteiger partial charge in [-0.05, 0) is 85.0 Å². The Morgan fingerprint density at radius 2 is 1.69 bits per heavy atom. The number of amides is 1. The number of ether oxygens (including phenoxy) is 1. The summed E-state index contributed by atoms with van der Waals surface area (Å²) in [7, 11) is 0. The largest absolute Gasteiger partial charge is 0.507 e. The zero-order chi connectivity index (χ0) is 30.8.